The molecule has 1 aliphatic heterocycles. The molecule has 1 aliphatic carbocycles. The summed E-state index contributed by atoms with van der Waals surface area (Å²) in [7, 11) is 0. The van der Waals surface area contributed by atoms with Crippen LogP contribution >= 0.6 is 0 Å². The molecule has 1 aromatic rings. The molecule has 2 heterocycles. The van der Waals surface area contributed by atoms with Gasteiger partial charge in [-0.3, -0.25) is 0 Å². The number of aromatic nitrogens is 1. The van der Waals surface area contributed by atoms with Gasteiger partial charge >= 0.3 is 0 Å². The zero-order chi connectivity index (χ0) is 13.2. The van der Waals surface area contributed by atoms with Gasteiger partial charge in [0.25, 0.3) is 0 Å². The van der Waals surface area contributed by atoms with Gasteiger partial charge in [0, 0.05) is 37.3 Å². The van der Waals surface area contributed by atoms with E-state index in [2.05, 4.69) is 28.2 Å². The van der Waals surface area contributed by atoms with Gasteiger partial charge < -0.3 is 15.3 Å². The van der Waals surface area contributed by atoms with E-state index in [9.17, 15) is 5.11 Å². The summed E-state index contributed by atoms with van der Waals surface area (Å²) >= 11 is 0. The van der Waals surface area contributed by atoms with E-state index in [1.807, 2.05) is 12.3 Å². The number of pyridine rings is 1. The quantitative estimate of drug-likeness (QED) is 0.860. The molecular weight excluding hydrogens is 238 g/mol. The van der Waals surface area contributed by atoms with Crippen LogP contribution in [-0.2, 0) is 6.54 Å². The third-order valence-corrected chi connectivity index (χ3v) is 4.55. The smallest absolute Gasteiger partial charge is 0.133 e. The van der Waals surface area contributed by atoms with Gasteiger partial charge in [-0.2, -0.15) is 0 Å². The Hall–Kier alpha value is -1.13. The van der Waals surface area contributed by atoms with Gasteiger partial charge in [-0.15, -0.1) is 0 Å². The summed E-state index contributed by atoms with van der Waals surface area (Å²) in [5.41, 5.74) is 1.26. The maximum atomic E-state index is 10.0. The molecule has 1 aromatic heterocycles. The minimum absolute atomic E-state index is 0.101. The Morgan fingerprint density at radius 3 is 3.11 bits per heavy atom. The van der Waals surface area contributed by atoms with Crippen molar-refractivity contribution >= 4 is 5.82 Å². The highest BCUT2D eigenvalue weighted by molar-refractivity contribution is 5.48. The first-order valence-corrected chi connectivity index (χ1v) is 7.37. The molecule has 0 aromatic carbocycles. The van der Waals surface area contributed by atoms with E-state index in [0.717, 1.165) is 44.8 Å². The summed E-state index contributed by atoms with van der Waals surface area (Å²) in [6.07, 6.45) is 3.92. The monoisotopic (exact) mass is 261 g/mol. The van der Waals surface area contributed by atoms with Crippen LogP contribution in [-0.4, -0.2) is 35.8 Å². The molecule has 104 valence electrons. The molecule has 2 fully saturated rings. The number of nitrogens with one attached hydrogen (secondary N) is 1. The fraction of sp³-hybridized carbons (Fsp3) is 0.667. The normalized spacial score (nSPS) is 29.8. The van der Waals surface area contributed by atoms with E-state index >= 15 is 0 Å². The Kier molecular flexibility index (Phi) is 3.71. The van der Waals surface area contributed by atoms with Crippen molar-refractivity contribution < 1.29 is 5.11 Å². The minimum atomic E-state index is -0.101. The first kappa shape index (κ1) is 12.9. The highest BCUT2D eigenvalue weighted by atomic mass is 16.3. The summed E-state index contributed by atoms with van der Waals surface area (Å²) in [4.78, 5) is 6.94. The molecule has 0 bridgehead atoms. The molecule has 4 heteroatoms. The molecular formula is C15H23N3O. The van der Waals surface area contributed by atoms with Crippen LogP contribution in [0.3, 0.4) is 0 Å². The number of nitrogens with zero attached hydrogens (tertiary/aromatic N) is 2. The number of aliphatic hydroxyl groups excluding tert-OH is 1. The van der Waals surface area contributed by atoms with Crippen LogP contribution in [0, 0.1) is 11.8 Å². The van der Waals surface area contributed by atoms with Crippen LogP contribution in [0.4, 0.5) is 5.82 Å². The van der Waals surface area contributed by atoms with Crippen molar-refractivity contribution in [2.45, 2.75) is 32.4 Å². The second kappa shape index (κ2) is 5.47. The fourth-order valence-electron chi connectivity index (χ4n) is 3.52. The lowest BCUT2D eigenvalue weighted by Crippen LogP contribution is -2.27. The zero-order valence-corrected chi connectivity index (χ0v) is 11.5. The maximum absolute atomic E-state index is 10.0. The molecule has 2 aliphatic rings. The van der Waals surface area contributed by atoms with Gasteiger partial charge in [0.05, 0.1) is 6.10 Å². The van der Waals surface area contributed by atoms with Gasteiger partial charge in [0.2, 0.25) is 0 Å². The van der Waals surface area contributed by atoms with Crippen molar-refractivity contribution in [2.24, 2.45) is 11.8 Å². The van der Waals surface area contributed by atoms with Gasteiger partial charge in [-0.1, -0.05) is 13.0 Å². The van der Waals surface area contributed by atoms with Crippen molar-refractivity contribution in [1.29, 1.82) is 0 Å². The number of hydrogen-bond donors (Lipinski definition) is 2. The van der Waals surface area contributed by atoms with Crippen molar-refractivity contribution in [3.63, 3.8) is 0 Å². The minimum Gasteiger partial charge on any atom is -0.393 e. The van der Waals surface area contributed by atoms with Gasteiger partial charge in [0.1, 0.15) is 5.82 Å². The summed E-state index contributed by atoms with van der Waals surface area (Å²) in [5, 5.41) is 13.4. The third-order valence-electron chi connectivity index (χ3n) is 4.55. The zero-order valence-electron chi connectivity index (χ0n) is 11.5. The fourth-order valence-corrected chi connectivity index (χ4v) is 3.52. The second-order valence-corrected chi connectivity index (χ2v) is 5.74. The Labute approximate surface area is 114 Å². The topological polar surface area (TPSA) is 48.4 Å². The molecule has 1 saturated carbocycles. The van der Waals surface area contributed by atoms with Crippen molar-refractivity contribution in [1.82, 2.24) is 10.3 Å². The van der Waals surface area contributed by atoms with E-state index in [1.165, 1.54) is 5.56 Å². The van der Waals surface area contributed by atoms with Crippen LogP contribution in [0.15, 0.2) is 18.3 Å². The predicted molar refractivity (Wildman–Crippen MR) is 76.1 cm³/mol. The van der Waals surface area contributed by atoms with Crippen LogP contribution in [0.1, 0.15) is 25.3 Å². The second-order valence-electron chi connectivity index (χ2n) is 5.74. The Balaban J connectivity index is 1.76. The number of hydrogen-bond acceptors (Lipinski definition) is 4. The average Bonchev–Trinajstić information content (AvgIpc) is 2.99. The van der Waals surface area contributed by atoms with Gasteiger partial charge in [-0.05, 0) is 31.4 Å². The number of anilines is 1. The third kappa shape index (κ3) is 2.47. The largest absolute Gasteiger partial charge is 0.393 e. The standard InChI is InChI=1S/C15H23N3O/c1-2-16-8-11-4-3-7-17-15(11)18-9-12-5-6-14(19)13(12)10-18/h3-4,7,12-14,16,19H,2,5-6,8-10H2,1H3. The lowest BCUT2D eigenvalue weighted by Gasteiger charge is -2.22. The molecule has 3 unspecified atom stereocenters. The number of aliphatic hydroxyl groups is 1. The molecule has 3 atom stereocenters. The summed E-state index contributed by atoms with van der Waals surface area (Å²) in [6, 6.07) is 4.15. The average molecular weight is 261 g/mol. The molecule has 0 spiro atoms. The van der Waals surface area contributed by atoms with E-state index < -0.39 is 0 Å². The van der Waals surface area contributed by atoms with Crippen LogP contribution < -0.4 is 10.2 Å². The Bertz CT molecular complexity index is 437. The number of fused-ring (bicyclic) bond motifs is 1. The van der Waals surface area contributed by atoms with Crippen molar-refractivity contribution in [2.75, 3.05) is 24.5 Å². The molecule has 1 saturated heterocycles. The van der Waals surface area contributed by atoms with E-state index in [0.29, 0.717) is 11.8 Å². The molecule has 0 radical (unpaired) electrons. The van der Waals surface area contributed by atoms with Crippen LogP contribution in [0.2, 0.25) is 0 Å². The SMILES string of the molecule is CCNCc1cccnc1N1CC2CCC(O)C2C1. The van der Waals surface area contributed by atoms with Gasteiger partial charge in [0.15, 0.2) is 0 Å². The Morgan fingerprint density at radius 1 is 1.42 bits per heavy atom. The molecule has 3 rings (SSSR count). The summed E-state index contributed by atoms with van der Waals surface area (Å²) in [5.74, 6) is 2.21. The van der Waals surface area contributed by atoms with Crippen molar-refractivity contribution in [3.8, 4) is 0 Å². The highest BCUT2D eigenvalue weighted by Gasteiger charge is 2.42. The van der Waals surface area contributed by atoms with E-state index in [4.69, 9.17) is 0 Å². The van der Waals surface area contributed by atoms with Crippen LogP contribution in [0.25, 0.3) is 0 Å². The molecule has 2 N–H and O–H groups in total. The van der Waals surface area contributed by atoms with E-state index in [1.54, 1.807) is 0 Å². The molecule has 4 nitrogen and oxygen atoms in total. The lowest BCUT2D eigenvalue weighted by molar-refractivity contribution is 0.133. The van der Waals surface area contributed by atoms with Crippen LogP contribution in [0.5, 0.6) is 0 Å². The first-order valence-electron chi connectivity index (χ1n) is 7.37. The summed E-state index contributed by atoms with van der Waals surface area (Å²) in [6.45, 7) is 5.97. The van der Waals surface area contributed by atoms with E-state index in [-0.39, 0.29) is 6.10 Å². The predicted octanol–water partition coefficient (Wildman–Crippen LogP) is 1.40. The molecule has 0 amide bonds. The lowest BCUT2D eigenvalue weighted by atomic mass is 10.00. The highest BCUT2D eigenvalue weighted by Crippen LogP contribution is 2.39. The molecule has 19 heavy (non-hydrogen) atoms. The number of rotatable bonds is 4. The van der Waals surface area contributed by atoms with Gasteiger partial charge in [-0.25, -0.2) is 4.98 Å². The summed E-state index contributed by atoms with van der Waals surface area (Å²) < 4.78 is 0. The van der Waals surface area contributed by atoms with Crippen molar-refractivity contribution in [3.05, 3.63) is 23.9 Å². The first-order chi connectivity index (χ1) is 9.29. The Morgan fingerprint density at radius 2 is 2.32 bits per heavy atom. The maximum Gasteiger partial charge on any atom is 0.133 e.